The van der Waals surface area contributed by atoms with E-state index in [1.807, 2.05) is 0 Å². The molecule has 0 amide bonds. The van der Waals surface area contributed by atoms with E-state index in [2.05, 4.69) is 73.5 Å². The Labute approximate surface area is 121 Å². The van der Waals surface area contributed by atoms with E-state index in [0.717, 1.165) is 24.4 Å². The lowest BCUT2D eigenvalue weighted by Crippen LogP contribution is -2.35. The van der Waals surface area contributed by atoms with E-state index in [-0.39, 0.29) is 5.54 Å². The maximum atomic E-state index is 4.40. The molecule has 2 rings (SSSR count). The standard InChI is InChI=1S/C17H25N3/c1-5-6-13-7-9-14(10-8-13)16-11-15(19-20-16)12-18-17(2,3)4/h7-11,18H,5-6,12H2,1-4H3,(H,19,20). The summed E-state index contributed by atoms with van der Waals surface area (Å²) in [5, 5.41) is 11.0. The molecule has 0 aliphatic carbocycles. The van der Waals surface area contributed by atoms with Crippen LogP contribution in [0.5, 0.6) is 0 Å². The molecule has 2 aromatic rings. The fraction of sp³-hybridized carbons (Fsp3) is 0.471. The van der Waals surface area contributed by atoms with E-state index in [1.165, 1.54) is 17.5 Å². The zero-order valence-electron chi connectivity index (χ0n) is 13.0. The highest BCUT2D eigenvalue weighted by Gasteiger charge is 2.10. The molecule has 108 valence electrons. The Balaban J connectivity index is 2.04. The number of hydrogen-bond donors (Lipinski definition) is 2. The quantitative estimate of drug-likeness (QED) is 0.865. The normalized spacial score (nSPS) is 11.8. The number of rotatable bonds is 5. The molecule has 0 fully saturated rings. The number of nitrogens with zero attached hydrogens (tertiary/aromatic N) is 1. The van der Waals surface area contributed by atoms with Gasteiger partial charge in [0.15, 0.2) is 0 Å². The average molecular weight is 271 g/mol. The molecule has 3 nitrogen and oxygen atoms in total. The van der Waals surface area contributed by atoms with Gasteiger partial charge in [0.1, 0.15) is 0 Å². The predicted octanol–water partition coefficient (Wildman–Crippen LogP) is 3.92. The van der Waals surface area contributed by atoms with Crippen molar-refractivity contribution in [1.29, 1.82) is 0 Å². The average Bonchev–Trinajstić information content (AvgIpc) is 2.86. The molecule has 1 heterocycles. The van der Waals surface area contributed by atoms with Crippen LogP contribution in [-0.4, -0.2) is 15.7 Å². The highest BCUT2D eigenvalue weighted by atomic mass is 15.1. The number of aromatic amines is 1. The maximum Gasteiger partial charge on any atom is 0.0924 e. The van der Waals surface area contributed by atoms with Gasteiger partial charge in [0.25, 0.3) is 0 Å². The van der Waals surface area contributed by atoms with Gasteiger partial charge in [-0.15, -0.1) is 0 Å². The third-order valence-electron chi connectivity index (χ3n) is 3.23. The Hall–Kier alpha value is -1.61. The van der Waals surface area contributed by atoms with Crippen molar-refractivity contribution in [2.45, 2.75) is 52.6 Å². The molecule has 0 spiro atoms. The van der Waals surface area contributed by atoms with Crippen molar-refractivity contribution in [3.05, 3.63) is 41.6 Å². The Morgan fingerprint density at radius 1 is 1.15 bits per heavy atom. The van der Waals surface area contributed by atoms with Gasteiger partial charge in [-0.05, 0) is 38.8 Å². The Morgan fingerprint density at radius 3 is 2.45 bits per heavy atom. The van der Waals surface area contributed by atoms with Crippen molar-refractivity contribution in [3.63, 3.8) is 0 Å². The van der Waals surface area contributed by atoms with Gasteiger partial charge in [-0.25, -0.2) is 0 Å². The summed E-state index contributed by atoms with van der Waals surface area (Å²) in [5.41, 5.74) is 4.81. The number of benzene rings is 1. The van der Waals surface area contributed by atoms with Crippen molar-refractivity contribution in [2.24, 2.45) is 0 Å². The van der Waals surface area contributed by atoms with Crippen molar-refractivity contribution < 1.29 is 0 Å². The van der Waals surface area contributed by atoms with Gasteiger partial charge in [-0.3, -0.25) is 5.10 Å². The first-order valence-electron chi connectivity index (χ1n) is 7.36. The first-order valence-corrected chi connectivity index (χ1v) is 7.36. The summed E-state index contributed by atoms with van der Waals surface area (Å²) in [4.78, 5) is 0. The molecule has 1 aromatic carbocycles. The molecule has 0 bridgehead atoms. The molecule has 20 heavy (non-hydrogen) atoms. The molecular weight excluding hydrogens is 246 g/mol. The third kappa shape index (κ3) is 4.20. The lowest BCUT2D eigenvalue weighted by atomic mass is 10.1. The first kappa shape index (κ1) is 14.8. The van der Waals surface area contributed by atoms with Gasteiger partial charge < -0.3 is 5.32 Å². The van der Waals surface area contributed by atoms with Crippen molar-refractivity contribution in [1.82, 2.24) is 15.5 Å². The van der Waals surface area contributed by atoms with E-state index in [1.54, 1.807) is 0 Å². The van der Waals surface area contributed by atoms with Gasteiger partial charge in [-0.1, -0.05) is 37.6 Å². The molecule has 0 radical (unpaired) electrons. The van der Waals surface area contributed by atoms with Crippen molar-refractivity contribution >= 4 is 0 Å². The molecule has 2 N–H and O–H groups in total. The first-order chi connectivity index (χ1) is 9.48. The Kier molecular flexibility index (Phi) is 4.61. The van der Waals surface area contributed by atoms with Crippen LogP contribution in [0.4, 0.5) is 0 Å². The van der Waals surface area contributed by atoms with Crippen molar-refractivity contribution in [3.8, 4) is 11.3 Å². The molecule has 3 heteroatoms. The molecule has 1 aromatic heterocycles. The minimum atomic E-state index is 0.118. The molecule has 0 atom stereocenters. The summed E-state index contributed by atoms with van der Waals surface area (Å²) in [6.45, 7) is 9.50. The maximum absolute atomic E-state index is 4.40. The summed E-state index contributed by atoms with van der Waals surface area (Å²) < 4.78 is 0. The fourth-order valence-electron chi connectivity index (χ4n) is 2.09. The van der Waals surface area contributed by atoms with Crippen LogP contribution < -0.4 is 5.32 Å². The largest absolute Gasteiger partial charge is 0.306 e. The number of hydrogen-bond acceptors (Lipinski definition) is 2. The SMILES string of the molecule is CCCc1ccc(-c2cc(CNC(C)(C)C)[nH]n2)cc1. The van der Waals surface area contributed by atoms with E-state index in [4.69, 9.17) is 0 Å². The molecule has 0 aliphatic heterocycles. The lowest BCUT2D eigenvalue weighted by molar-refractivity contribution is 0.421. The summed E-state index contributed by atoms with van der Waals surface area (Å²) in [6, 6.07) is 10.8. The van der Waals surface area contributed by atoms with E-state index in [0.29, 0.717) is 0 Å². The molecule has 0 saturated carbocycles. The van der Waals surface area contributed by atoms with Crippen molar-refractivity contribution in [2.75, 3.05) is 0 Å². The van der Waals surface area contributed by atoms with Gasteiger partial charge in [0, 0.05) is 23.3 Å². The van der Waals surface area contributed by atoms with Crippen LogP contribution >= 0.6 is 0 Å². The molecule has 0 aliphatic rings. The van der Waals surface area contributed by atoms with Gasteiger partial charge in [-0.2, -0.15) is 5.10 Å². The smallest absolute Gasteiger partial charge is 0.0924 e. The summed E-state index contributed by atoms with van der Waals surface area (Å²) >= 11 is 0. The summed E-state index contributed by atoms with van der Waals surface area (Å²) in [7, 11) is 0. The number of aryl methyl sites for hydroxylation is 1. The number of nitrogens with one attached hydrogen (secondary N) is 2. The zero-order valence-corrected chi connectivity index (χ0v) is 13.0. The topological polar surface area (TPSA) is 40.7 Å². The van der Waals surface area contributed by atoms with E-state index in [9.17, 15) is 0 Å². The van der Waals surface area contributed by atoms with Gasteiger partial charge >= 0.3 is 0 Å². The zero-order chi connectivity index (χ0) is 14.6. The van der Waals surface area contributed by atoms with Gasteiger partial charge in [0.05, 0.1) is 5.69 Å². The van der Waals surface area contributed by atoms with E-state index < -0.39 is 0 Å². The predicted molar refractivity (Wildman–Crippen MR) is 84.6 cm³/mol. The second-order valence-corrected chi connectivity index (χ2v) is 6.33. The van der Waals surface area contributed by atoms with Crippen LogP contribution in [0.15, 0.2) is 30.3 Å². The third-order valence-corrected chi connectivity index (χ3v) is 3.23. The summed E-state index contributed by atoms with van der Waals surface area (Å²) in [6.07, 6.45) is 2.33. The second-order valence-electron chi connectivity index (χ2n) is 6.33. The van der Waals surface area contributed by atoms with E-state index >= 15 is 0 Å². The summed E-state index contributed by atoms with van der Waals surface area (Å²) in [5.74, 6) is 0. The van der Waals surface area contributed by atoms with Crippen LogP contribution in [0, 0.1) is 0 Å². The molecule has 0 unspecified atom stereocenters. The minimum Gasteiger partial charge on any atom is -0.306 e. The Morgan fingerprint density at radius 2 is 1.85 bits per heavy atom. The molecular formula is C17H25N3. The van der Waals surface area contributed by atoms with Crippen LogP contribution in [0.2, 0.25) is 0 Å². The van der Waals surface area contributed by atoms with Crippen LogP contribution in [0.25, 0.3) is 11.3 Å². The number of H-pyrrole nitrogens is 1. The van der Waals surface area contributed by atoms with Crippen LogP contribution in [0.3, 0.4) is 0 Å². The minimum absolute atomic E-state index is 0.118. The monoisotopic (exact) mass is 271 g/mol. The highest BCUT2D eigenvalue weighted by molar-refractivity contribution is 5.59. The molecule has 0 saturated heterocycles. The number of aromatic nitrogens is 2. The van der Waals surface area contributed by atoms with Crippen LogP contribution in [-0.2, 0) is 13.0 Å². The van der Waals surface area contributed by atoms with Gasteiger partial charge in [0.2, 0.25) is 0 Å². The fourth-order valence-corrected chi connectivity index (χ4v) is 2.09. The Bertz CT molecular complexity index is 532. The second kappa shape index (κ2) is 6.23. The lowest BCUT2D eigenvalue weighted by Gasteiger charge is -2.19. The highest BCUT2D eigenvalue weighted by Crippen LogP contribution is 2.19. The van der Waals surface area contributed by atoms with Crippen LogP contribution in [0.1, 0.15) is 45.4 Å².